The van der Waals surface area contributed by atoms with E-state index in [1.807, 2.05) is 50.6 Å². The molecule has 0 unspecified atom stereocenters. The molecule has 6 heteroatoms. The molecule has 0 saturated heterocycles. The van der Waals surface area contributed by atoms with E-state index in [2.05, 4.69) is 27.3 Å². The maximum Gasteiger partial charge on any atom is 0.191 e. The Labute approximate surface area is 143 Å². The molecule has 1 heterocycles. The third-order valence-electron chi connectivity index (χ3n) is 3.30. The second-order valence-electron chi connectivity index (χ2n) is 5.28. The van der Waals surface area contributed by atoms with Crippen molar-refractivity contribution in [1.29, 1.82) is 0 Å². The van der Waals surface area contributed by atoms with Gasteiger partial charge in [-0.15, -0.1) is 0 Å². The lowest BCUT2D eigenvalue weighted by Crippen LogP contribution is -2.36. The molecule has 0 spiro atoms. The van der Waals surface area contributed by atoms with Crippen molar-refractivity contribution in [2.75, 3.05) is 13.2 Å². The molecule has 0 atom stereocenters. The average molecular weight is 327 g/mol. The standard InChI is InChI=1S/C18H25N5O/c1-4-10-24-17-9-7-6-8-16(17)13-21-18(19-5-2)20-11-15-12-22-23(3)14-15/h4,6-9,12,14H,1,5,10-11,13H2,2-3H3,(H2,19,20,21). The number of guanidine groups is 1. The zero-order valence-corrected chi connectivity index (χ0v) is 14.3. The number of hydrogen-bond acceptors (Lipinski definition) is 3. The Kier molecular flexibility index (Phi) is 6.89. The molecule has 128 valence electrons. The number of hydrogen-bond donors (Lipinski definition) is 2. The van der Waals surface area contributed by atoms with E-state index in [0.717, 1.165) is 29.4 Å². The Hall–Kier alpha value is -2.76. The normalized spacial score (nSPS) is 11.2. The van der Waals surface area contributed by atoms with Gasteiger partial charge < -0.3 is 15.4 Å². The molecule has 2 N–H and O–H groups in total. The Bertz CT molecular complexity index is 678. The van der Waals surface area contributed by atoms with Gasteiger partial charge in [-0.2, -0.15) is 5.10 Å². The minimum absolute atomic E-state index is 0.492. The van der Waals surface area contributed by atoms with E-state index in [0.29, 0.717) is 19.7 Å². The minimum atomic E-state index is 0.492. The molecule has 24 heavy (non-hydrogen) atoms. The minimum Gasteiger partial charge on any atom is -0.489 e. The lowest BCUT2D eigenvalue weighted by Gasteiger charge is -2.14. The summed E-state index contributed by atoms with van der Waals surface area (Å²) in [5.41, 5.74) is 2.15. The highest BCUT2D eigenvalue weighted by Gasteiger charge is 2.04. The first-order chi connectivity index (χ1) is 11.7. The summed E-state index contributed by atoms with van der Waals surface area (Å²) in [6, 6.07) is 7.96. The Balaban J connectivity index is 1.99. The van der Waals surface area contributed by atoms with Crippen LogP contribution in [0.15, 0.2) is 54.3 Å². The Morgan fingerprint density at radius 3 is 2.92 bits per heavy atom. The lowest BCUT2D eigenvalue weighted by molar-refractivity contribution is 0.358. The van der Waals surface area contributed by atoms with Gasteiger partial charge in [0.2, 0.25) is 0 Å². The molecule has 0 amide bonds. The van der Waals surface area contributed by atoms with E-state index >= 15 is 0 Å². The summed E-state index contributed by atoms with van der Waals surface area (Å²) in [5, 5.41) is 10.7. The van der Waals surface area contributed by atoms with Gasteiger partial charge in [-0.3, -0.25) is 4.68 Å². The maximum absolute atomic E-state index is 5.68. The highest BCUT2D eigenvalue weighted by atomic mass is 16.5. The monoisotopic (exact) mass is 327 g/mol. The van der Waals surface area contributed by atoms with Crippen molar-refractivity contribution in [1.82, 2.24) is 20.4 Å². The number of ether oxygens (including phenoxy) is 1. The summed E-state index contributed by atoms with van der Waals surface area (Å²) in [5.74, 6) is 1.62. The molecule has 2 aromatic rings. The van der Waals surface area contributed by atoms with Crippen molar-refractivity contribution >= 4 is 5.96 Å². The molecule has 1 aromatic carbocycles. The van der Waals surface area contributed by atoms with Crippen LogP contribution in [-0.2, 0) is 20.1 Å². The van der Waals surface area contributed by atoms with Crippen LogP contribution in [0.2, 0.25) is 0 Å². The SMILES string of the molecule is C=CCOc1ccccc1CNC(=NCc1cnn(C)c1)NCC. The van der Waals surface area contributed by atoms with Crippen LogP contribution >= 0.6 is 0 Å². The van der Waals surface area contributed by atoms with Gasteiger partial charge in [0.05, 0.1) is 12.7 Å². The van der Waals surface area contributed by atoms with Crippen LogP contribution in [0.5, 0.6) is 5.75 Å². The maximum atomic E-state index is 5.68. The van der Waals surface area contributed by atoms with Gasteiger partial charge in [-0.05, 0) is 13.0 Å². The van der Waals surface area contributed by atoms with Gasteiger partial charge in [0.1, 0.15) is 12.4 Å². The van der Waals surface area contributed by atoms with Gasteiger partial charge in [-0.1, -0.05) is 30.9 Å². The van der Waals surface area contributed by atoms with Gasteiger partial charge in [0, 0.05) is 37.5 Å². The second kappa shape index (κ2) is 9.39. The summed E-state index contributed by atoms with van der Waals surface area (Å²) >= 11 is 0. The number of nitrogens with one attached hydrogen (secondary N) is 2. The van der Waals surface area contributed by atoms with Crippen molar-refractivity contribution in [3.05, 3.63) is 60.4 Å². The fourth-order valence-corrected chi connectivity index (χ4v) is 2.18. The summed E-state index contributed by atoms with van der Waals surface area (Å²) in [4.78, 5) is 4.59. The highest BCUT2D eigenvalue weighted by Crippen LogP contribution is 2.17. The summed E-state index contributed by atoms with van der Waals surface area (Å²) in [6.45, 7) is 8.23. The molecule has 0 aliphatic rings. The predicted octanol–water partition coefficient (Wildman–Crippen LogP) is 2.24. The quantitative estimate of drug-likeness (QED) is 0.443. The fourth-order valence-electron chi connectivity index (χ4n) is 2.18. The topological polar surface area (TPSA) is 63.5 Å². The fraction of sp³-hybridized carbons (Fsp3) is 0.333. The first-order valence-electron chi connectivity index (χ1n) is 8.04. The predicted molar refractivity (Wildman–Crippen MR) is 97.0 cm³/mol. The van der Waals surface area contributed by atoms with Crippen LogP contribution in [0, 0.1) is 0 Å². The number of aryl methyl sites for hydroxylation is 1. The van der Waals surface area contributed by atoms with Crippen molar-refractivity contribution in [3.63, 3.8) is 0 Å². The number of rotatable bonds is 8. The lowest BCUT2D eigenvalue weighted by atomic mass is 10.2. The number of aliphatic imine (C=N–C) groups is 1. The molecule has 0 aliphatic carbocycles. The molecular weight excluding hydrogens is 302 g/mol. The molecule has 0 bridgehead atoms. The molecule has 0 aliphatic heterocycles. The van der Waals surface area contributed by atoms with E-state index < -0.39 is 0 Å². The highest BCUT2D eigenvalue weighted by molar-refractivity contribution is 5.79. The van der Waals surface area contributed by atoms with Gasteiger partial charge in [-0.25, -0.2) is 4.99 Å². The third-order valence-corrected chi connectivity index (χ3v) is 3.30. The van der Waals surface area contributed by atoms with Gasteiger partial charge in [0.25, 0.3) is 0 Å². The second-order valence-corrected chi connectivity index (χ2v) is 5.28. The molecule has 0 radical (unpaired) electrons. The van der Waals surface area contributed by atoms with Crippen LogP contribution in [0.3, 0.4) is 0 Å². The first-order valence-corrected chi connectivity index (χ1v) is 8.04. The third kappa shape index (κ3) is 5.46. The Morgan fingerprint density at radius 1 is 1.38 bits per heavy atom. The number of nitrogens with zero attached hydrogens (tertiary/aromatic N) is 3. The van der Waals surface area contributed by atoms with E-state index in [9.17, 15) is 0 Å². The van der Waals surface area contributed by atoms with E-state index in [4.69, 9.17) is 4.74 Å². The van der Waals surface area contributed by atoms with Crippen LogP contribution in [0.1, 0.15) is 18.1 Å². The summed E-state index contributed by atoms with van der Waals surface area (Å²) < 4.78 is 7.46. The summed E-state index contributed by atoms with van der Waals surface area (Å²) in [6.07, 6.45) is 5.53. The largest absolute Gasteiger partial charge is 0.489 e. The molecule has 0 saturated carbocycles. The molecule has 2 rings (SSSR count). The first kappa shape index (κ1) is 17.6. The number of para-hydroxylation sites is 1. The van der Waals surface area contributed by atoms with Crippen molar-refractivity contribution in [3.8, 4) is 5.75 Å². The zero-order chi connectivity index (χ0) is 17.2. The average Bonchev–Trinajstić information content (AvgIpc) is 3.01. The number of benzene rings is 1. The van der Waals surface area contributed by atoms with Gasteiger partial charge in [0.15, 0.2) is 5.96 Å². The van der Waals surface area contributed by atoms with E-state index in [-0.39, 0.29) is 0 Å². The summed E-state index contributed by atoms with van der Waals surface area (Å²) in [7, 11) is 1.90. The van der Waals surface area contributed by atoms with Crippen molar-refractivity contribution in [2.45, 2.75) is 20.0 Å². The zero-order valence-electron chi connectivity index (χ0n) is 14.3. The number of aromatic nitrogens is 2. The molecule has 6 nitrogen and oxygen atoms in total. The Morgan fingerprint density at radius 2 is 2.21 bits per heavy atom. The molecular formula is C18H25N5O. The van der Waals surface area contributed by atoms with E-state index in [1.54, 1.807) is 10.8 Å². The van der Waals surface area contributed by atoms with Crippen LogP contribution < -0.4 is 15.4 Å². The molecule has 0 fully saturated rings. The van der Waals surface area contributed by atoms with Crippen molar-refractivity contribution in [2.24, 2.45) is 12.0 Å². The molecule has 1 aromatic heterocycles. The van der Waals surface area contributed by atoms with Crippen LogP contribution in [0.25, 0.3) is 0 Å². The van der Waals surface area contributed by atoms with Crippen LogP contribution in [0.4, 0.5) is 0 Å². The van der Waals surface area contributed by atoms with Crippen LogP contribution in [-0.4, -0.2) is 28.9 Å². The smallest absolute Gasteiger partial charge is 0.191 e. The van der Waals surface area contributed by atoms with Crippen molar-refractivity contribution < 1.29 is 4.74 Å². The van der Waals surface area contributed by atoms with E-state index in [1.165, 1.54) is 0 Å². The van der Waals surface area contributed by atoms with Gasteiger partial charge >= 0.3 is 0 Å².